The summed E-state index contributed by atoms with van der Waals surface area (Å²) in [5.41, 5.74) is 3.55. The first kappa shape index (κ1) is 19.3. The molecule has 146 valence electrons. The van der Waals surface area contributed by atoms with E-state index < -0.39 is 10.8 Å². The van der Waals surface area contributed by atoms with E-state index in [1.54, 1.807) is 30.9 Å². The third-order valence-corrected chi connectivity index (χ3v) is 4.38. The van der Waals surface area contributed by atoms with Crippen LogP contribution in [-0.4, -0.2) is 30.4 Å². The minimum Gasteiger partial charge on any atom is -0.358 e. The quantitative estimate of drug-likeness (QED) is 0.499. The van der Waals surface area contributed by atoms with Gasteiger partial charge in [-0.25, -0.2) is 0 Å². The molecule has 0 saturated carbocycles. The highest BCUT2D eigenvalue weighted by Crippen LogP contribution is 2.15. The van der Waals surface area contributed by atoms with Gasteiger partial charge in [-0.05, 0) is 24.3 Å². The summed E-state index contributed by atoms with van der Waals surface area (Å²) in [6, 6.07) is 9.55. The Kier molecular flexibility index (Phi) is 5.53. The first-order chi connectivity index (χ1) is 13.3. The Morgan fingerprint density at radius 2 is 2.11 bits per heavy atom. The van der Waals surface area contributed by atoms with Crippen LogP contribution in [-0.2, 0) is 17.9 Å². The molecule has 2 heterocycles. The van der Waals surface area contributed by atoms with Crippen molar-refractivity contribution < 1.29 is 9.72 Å². The Hall–Kier alpha value is -3.49. The third kappa shape index (κ3) is 4.61. The zero-order chi connectivity index (χ0) is 20.3. The Morgan fingerprint density at radius 3 is 2.79 bits per heavy atom. The number of hydrogen-bond acceptors (Lipinski definition) is 5. The van der Waals surface area contributed by atoms with Crippen molar-refractivity contribution in [3.63, 3.8) is 0 Å². The molecule has 1 atom stereocenters. The molecular weight excluding hydrogens is 360 g/mol. The maximum Gasteiger partial charge on any atom is 0.390 e. The van der Waals surface area contributed by atoms with Gasteiger partial charge < -0.3 is 15.4 Å². The average Bonchev–Trinajstić information content (AvgIpc) is 3.22. The second-order valence-electron chi connectivity index (χ2n) is 6.89. The van der Waals surface area contributed by atoms with Gasteiger partial charge in [0.15, 0.2) is 0 Å². The van der Waals surface area contributed by atoms with E-state index in [2.05, 4.69) is 21.6 Å². The minimum atomic E-state index is -0.545. The molecule has 2 aromatic heterocycles. The van der Waals surface area contributed by atoms with Crippen LogP contribution in [0.2, 0.25) is 0 Å². The van der Waals surface area contributed by atoms with E-state index in [9.17, 15) is 14.9 Å². The van der Waals surface area contributed by atoms with Crippen LogP contribution in [0.1, 0.15) is 23.7 Å². The second-order valence-corrected chi connectivity index (χ2v) is 6.89. The summed E-state index contributed by atoms with van der Waals surface area (Å²) in [6.45, 7) is 6.38. The van der Waals surface area contributed by atoms with Crippen molar-refractivity contribution in [2.45, 2.75) is 33.9 Å². The van der Waals surface area contributed by atoms with Crippen LogP contribution in [0.3, 0.4) is 0 Å². The van der Waals surface area contributed by atoms with Crippen LogP contribution in [0.5, 0.6) is 0 Å². The third-order valence-electron chi connectivity index (χ3n) is 4.38. The summed E-state index contributed by atoms with van der Waals surface area (Å²) >= 11 is 0. The van der Waals surface area contributed by atoms with Gasteiger partial charge in [0.2, 0.25) is 5.91 Å². The molecule has 1 unspecified atom stereocenters. The average molecular weight is 382 g/mol. The zero-order valence-corrected chi connectivity index (χ0v) is 16.0. The van der Waals surface area contributed by atoms with E-state index >= 15 is 0 Å². The lowest BCUT2D eigenvalue weighted by molar-refractivity contribution is -0.389. The number of aryl methyl sites for hydroxylation is 2. The fraction of sp³-hybridized carbons (Fsp3) is 0.316. The molecule has 1 amide bonds. The van der Waals surface area contributed by atoms with Crippen LogP contribution in [0.4, 0.5) is 11.5 Å². The summed E-state index contributed by atoms with van der Waals surface area (Å²) in [4.78, 5) is 22.7. The van der Waals surface area contributed by atoms with Crippen molar-refractivity contribution in [3.05, 3.63) is 69.7 Å². The first-order valence-electron chi connectivity index (χ1n) is 8.89. The number of amides is 1. The van der Waals surface area contributed by atoms with Crippen LogP contribution in [0.15, 0.2) is 42.7 Å². The normalized spacial score (nSPS) is 12.0. The number of carbonyl (C=O) groups is 1. The molecule has 9 nitrogen and oxygen atoms in total. The van der Waals surface area contributed by atoms with Gasteiger partial charge in [0, 0.05) is 6.20 Å². The maximum atomic E-state index is 12.5. The summed E-state index contributed by atoms with van der Waals surface area (Å²) in [5.74, 6) is -0.839. The van der Waals surface area contributed by atoms with Crippen molar-refractivity contribution in [1.82, 2.24) is 19.6 Å². The highest BCUT2D eigenvalue weighted by molar-refractivity contribution is 5.91. The fourth-order valence-electron chi connectivity index (χ4n) is 2.89. The molecular formula is C19H22N6O3. The largest absolute Gasteiger partial charge is 0.390 e. The topological polar surface area (TPSA) is 108 Å². The van der Waals surface area contributed by atoms with Gasteiger partial charge in [0.05, 0.1) is 47.8 Å². The van der Waals surface area contributed by atoms with Crippen molar-refractivity contribution in [3.8, 4) is 0 Å². The Morgan fingerprint density at radius 1 is 1.32 bits per heavy atom. The van der Waals surface area contributed by atoms with Gasteiger partial charge in [-0.15, -0.1) is 0 Å². The van der Waals surface area contributed by atoms with E-state index in [1.165, 1.54) is 16.3 Å². The Balaban J connectivity index is 1.60. The smallest absolute Gasteiger partial charge is 0.358 e. The van der Waals surface area contributed by atoms with Crippen LogP contribution in [0.25, 0.3) is 0 Å². The van der Waals surface area contributed by atoms with Crippen molar-refractivity contribution in [1.29, 1.82) is 0 Å². The summed E-state index contributed by atoms with van der Waals surface area (Å²) in [5, 5.41) is 21.9. The summed E-state index contributed by atoms with van der Waals surface area (Å²) < 4.78 is 3.24. The Labute approximate surface area is 162 Å². The number of rotatable bonds is 7. The molecule has 0 fully saturated rings. The van der Waals surface area contributed by atoms with Crippen molar-refractivity contribution in [2.75, 3.05) is 5.32 Å². The molecule has 9 heteroatoms. The first-order valence-corrected chi connectivity index (χ1v) is 8.89. The Bertz CT molecular complexity index is 1010. The molecule has 0 aliphatic heterocycles. The molecule has 0 radical (unpaired) electrons. The van der Waals surface area contributed by atoms with E-state index in [-0.39, 0.29) is 18.3 Å². The molecule has 3 aromatic rings. The van der Waals surface area contributed by atoms with Crippen molar-refractivity contribution in [2.24, 2.45) is 5.92 Å². The standard InChI is InChI=1S/C19H22N6O3/c1-13-5-4-6-16(7-13)11-23-12-17(9-20-23)21-19(26)14(2)10-24-15(3)8-18(22-24)25(27)28/h4-9,12,14H,10-11H2,1-3H3,(H,21,26). The predicted octanol–water partition coefficient (Wildman–Crippen LogP) is 2.93. The molecule has 0 aliphatic rings. The van der Waals surface area contributed by atoms with Crippen LogP contribution < -0.4 is 5.32 Å². The molecule has 1 aromatic carbocycles. The monoisotopic (exact) mass is 382 g/mol. The number of hydrogen-bond donors (Lipinski definition) is 1. The molecule has 28 heavy (non-hydrogen) atoms. The highest BCUT2D eigenvalue weighted by atomic mass is 16.6. The molecule has 0 bridgehead atoms. The predicted molar refractivity (Wildman–Crippen MR) is 104 cm³/mol. The van der Waals surface area contributed by atoms with E-state index in [0.717, 1.165) is 5.56 Å². The van der Waals surface area contributed by atoms with Gasteiger partial charge in [0.25, 0.3) is 0 Å². The minimum absolute atomic E-state index is 0.201. The highest BCUT2D eigenvalue weighted by Gasteiger charge is 2.21. The second kappa shape index (κ2) is 8.03. The number of carbonyl (C=O) groups excluding carboxylic acids is 1. The summed E-state index contributed by atoms with van der Waals surface area (Å²) in [6.07, 6.45) is 3.38. The number of benzene rings is 1. The SMILES string of the molecule is Cc1cccc(Cn2cc(NC(=O)C(C)Cn3nc([N+](=O)[O-])cc3C)cn2)c1. The van der Waals surface area contributed by atoms with E-state index in [4.69, 9.17) is 0 Å². The molecule has 1 N–H and O–H groups in total. The molecule has 0 aliphatic carbocycles. The lowest BCUT2D eigenvalue weighted by Gasteiger charge is -2.10. The summed E-state index contributed by atoms with van der Waals surface area (Å²) in [7, 11) is 0. The van der Waals surface area contributed by atoms with Gasteiger partial charge in [0.1, 0.15) is 0 Å². The van der Waals surface area contributed by atoms with Crippen LogP contribution in [0, 0.1) is 29.9 Å². The van der Waals surface area contributed by atoms with Gasteiger partial charge in [-0.1, -0.05) is 36.8 Å². The number of aromatic nitrogens is 4. The molecule has 0 saturated heterocycles. The lowest BCUT2D eigenvalue weighted by atomic mass is 10.1. The maximum absolute atomic E-state index is 12.5. The number of nitrogens with one attached hydrogen (secondary N) is 1. The van der Waals surface area contributed by atoms with Gasteiger partial charge in [-0.2, -0.15) is 9.78 Å². The van der Waals surface area contributed by atoms with Crippen LogP contribution >= 0.6 is 0 Å². The number of nitrogens with zero attached hydrogens (tertiary/aromatic N) is 5. The van der Waals surface area contributed by atoms with E-state index in [1.807, 2.05) is 25.1 Å². The van der Waals surface area contributed by atoms with Crippen molar-refractivity contribution >= 4 is 17.4 Å². The van der Waals surface area contributed by atoms with Gasteiger partial charge >= 0.3 is 5.82 Å². The number of anilines is 1. The molecule has 3 rings (SSSR count). The lowest BCUT2D eigenvalue weighted by Crippen LogP contribution is -2.25. The fourth-order valence-corrected chi connectivity index (χ4v) is 2.89. The number of nitro groups is 1. The van der Waals surface area contributed by atoms with E-state index in [0.29, 0.717) is 17.9 Å². The zero-order valence-electron chi connectivity index (χ0n) is 16.0. The molecule has 0 spiro atoms. The van der Waals surface area contributed by atoms with Gasteiger partial charge in [-0.3, -0.25) is 9.48 Å².